The topological polar surface area (TPSA) is 87.3 Å². The number of H-pyrrole nitrogens is 1. The molecule has 0 amide bonds. The molecule has 0 aliphatic rings. The van der Waals surface area contributed by atoms with Gasteiger partial charge in [0.15, 0.2) is 0 Å². The molecule has 1 aromatic heterocycles. The normalized spacial score (nSPS) is 12.0. The zero-order valence-corrected chi connectivity index (χ0v) is 13.5. The lowest BCUT2D eigenvalue weighted by Gasteiger charge is -2.14. The summed E-state index contributed by atoms with van der Waals surface area (Å²) < 4.78 is 30.1. The third-order valence-electron chi connectivity index (χ3n) is 3.18. The van der Waals surface area contributed by atoms with E-state index in [0.29, 0.717) is 19.6 Å². The highest BCUT2D eigenvalue weighted by atomic mass is 32.2. The van der Waals surface area contributed by atoms with E-state index in [2.05, 4.69) is 21.3 Å². The van der Waals surface area contributed by atoms with Crippen molar-refractivity contribution in [3.63, 3.8) is 0 Å². The number of sulfonamides is 1. The Balaban J connectivity index is 1.94. The Morgan fingerprint density at radius 1 is 1.50 bits per heavy atom. The molecule has 22 heavy (non-hydrogen) atoms. The highest BCUT2D eigenvalue weighted by Gasteiger charge is 2.08. The van der Waals surface area contributed by atoms with Crippen molar-refractivity contribution in [2.45, 2.75) is 6.54 Å². The van der Waals surface area contributed by atoms with E-state index in [9.17, 15) is 8.42 Å². The van der Waals surface area contributed by atoms with Gasteiger partial charge in [-0.25, -0.2) is 18.1 Å². The predicted octanol–water partition coefficient (Wildman–Crippen LogP) is 1.07. The van der Waals surface area contributed by atoms with Gasteiger partial charge in [0.2, 0.25) is 10.0 Å². The predicted molar refractivity (Wildman–Crippen MR) is 86.1 cm³/mol. The van der Waals surface area contributed by atoms with E-state index in [1.807, 2.05) is 30.1 Å². The van der Waals surface area contributed by atoms with Crippen LogP contribution in [0.1, 0.15) is 5.82 Å². The van der Waals surface area contributed by atoms with Crippen LogP contribution in [0.5, 0.6) is 5.75 Å². The van der Waals surface area contributed by atoms with Crippen molar-refractivity contribution in [3.8, 4) is 5.75 Å². The summed E-state index contributed by atoms with van der Waals surface area (Å²) in [5, 5.41) is 0.902. The van der Waals surface area contributed by atoms with Crippen LogP contribution in [0.25, 0.3) is 11.0 Å². The van der Waals surface area contributed by atoms with Crippen LogP contribution in [0, 0.1) is 0 Å². The second kappa shape index (κ2) is 6.91. The summed E-state index contributed by atoms with van der Waals surface area (Å²) in [5.74, 6) is 1.58. The van der Waals surface area contributed by atoms with Crippen molar-refractivity contribution in [2.75, 3.05) is 27.2 Å². The monoisotopic (exact) mass is 324 g/mol. The van der Waals surface area contributed by atoms with E-state index < -0.39 is 10.0 Å². The van der Waals surface area contributed by atoms with E-state index in [-0.39, 0.29) is 0 Å². The first-order chi connectivity index (χ1) is 10.4. The molecule has 2 N–H and O–H groups in total. The molecule has 8 heteroatoms. The van der Waals surface area contributed by atoms with Crippen molar-refractivity contribution >= 4 is 21.1 Å². The number of benzene rings is 1. The first-order valence-electron chi connectivity index (χ1n) is 6.77. The van der Waals surface area contributed by atoms with Crippen molar-refractivity contribution in [3.05, 3.63) is 36.0 Å². The summed E-state index contributed by atoms with van der Waals surface area (Å²) in [5.41, 5.74) is 1.78. The van der Waals surface area contributed by atoms with E-state index in [1.54, 1.807) is 7.11 Å². The smallest absolute Gasteiger partial charge is 0.233 e. The minimum Gasteiger partial charge on any atom is -0.497 e. The van der Waals surface area contributed by atoms with Gasteiger partial charge in [0.25, 0.3) is 0 Å². The van der Waals surface area contributed by atoms with Gasteiger partial charge in [-0.2, -0.15) is 0 Å². The first kappa shape index (κ1) is 16.5. The maximum absolute atomic E-state index is 11.2. The summed E-state index contributed by atoms with van der Waals surface area (Å²) in [6.07, 6.45) is 0. The summed E-state index contributed by atoms with van der Waals surface area (Å²) in [6, 6.07) is 5.66. The number of methoxy groups -OCH3 is 1. The number of nitrogens with zero attached hydrogens (tertiary/aromatic N) is 2. The van der Waals surface area contributed by atoms with Gasteiger partial charge in [-0.3, -0.25) is 4.90 Å². The minimum atomic E-state index is -3.37. The highest BCUT2D eigenvalue weighted by molar-refractivity contribution is 7.92. The zero-order chi connectivity index (χ0) is 16.2. The number of rotatable bonds is 8. The molecule has 2 aromatic rings. The number of aromatic nitrogens is 2. The van der Waals surface area contributed by atoms with Crippen molar-refractivity contribution in [2.24, 2.45) is 0 Å². The largest absolute Gasteiger partial charge is 0.497 e. The number of fused-ring (bicyclic) bond motifs is 1. The Kier molecular flexibility index (Phi) is 5.17. The summed E-state index contributed by atoms with van der Waals surface area (Å²) in [4.78, 5) is 9.71. The molecular formula is C14H20N4O3S. The molecular weight excluding hydrogens is 304 g/mol. The average molecular weight is 324 g/mol. The van der Waals surface area contributed by atoms with E-state index in [4.69, 9.17) is 4.74 Å². The van der Waals surface area contributed by atoms with E-state index in [0.717, 1.165) is 28.0 Å². The third kappa shape index (κ3) is 4.30. The van der Waals surface area contributed by atoms with Crippen LogP contribution < -0.4 is 9.46 Å². The Morgan fingerprint density at radius 3 is 2.95 bits per heavy atom. The Labute approximate surface area is 130 Å². The summed E-state index contributed by atoms with van der Waals surface area (Å²) in [6.45, 7) is 4.72. The molecule has 0 spiro atoms. The van der Waals surface area contributed by atoms with Gasteiger partial charge in [0.05, 0.1) is 24.7 Å². The highest BCUT2D eigenvalue weighted by Crippen LogP contribution is 2.18. The maximum Gasteiger partial charge on any atom is 0.233 e. The number of aromatic amines is 1. The number of ether oxygens (including phenoxy) is 1. The van der Waals surface area contributed by atoms with E-state index in [1.165, 1.54) is 0 Å². The SMILES string of the molecule is C=CS(=O)(=O)NCCN(C)Cc1nc2cc(OC)ccc2[nH]1. The standard InChI is InChI=1S/C14H20N4O3S/c1-4-22(19,20)15-7-8-18(2)10-14-16-12-6-5-11(21-3)9-13(12)17-14/h4-6,9,15H,1,7-8,10H2,2-3H3,(H,16,17). The number of nitrogens with one attached hydrogen (secondary N) is 2. The molecule has 0 aliphatic heterocycles. The van der Waals surface area contributed by atoms with Gasteiger partial charge in [-0.05, 0) is 19.2 Å². The van der Waals surface area contributed by atoms with Crippen molar-refractivity contribution in [1.82, 2.24) is 19.6 Å². The Morgan fingerprint density at radius 2 is 2.27 bits per heavy atom. The van der Waals surface area contributed by atoms with Crippen molar-refractivity contribution in [1.29, 1.82) is 0 Å². The molecule has 0 atom stereocenters. The molecule has 0 radical (unpaired) electrons. The average Bonchev–Trinajstić information content (AvgIpc) is 2.87. The minimum absolute atomic E-state index is 0.318. The van der Waals surface area contributed by atoms with Gasteiger partial charge in [0.1, 0.15) is 11.6 Å². The van der Waals surface area contributed by atoms with Crippen LogP contribution >= 0.6 is 0 Å². The molecule has 1 aromatic carbocycles. The molecule has 2 rings (SSSR count). The van der Waals surface area contributed by atoms with E-state index >= 15 is 0 Å². The van der Waals surface area contributed by atoms with Crippen molar-refractivity contribution < 1.29 is 13.2 Å². The number of likely N-dealkylation sites (N-methyl/N-ethyl adjacent to an activating group) is 1. The number of hydrogen-bond donors (Lipinski definition) is 2. The number of hydrogen-bond acceptors (Lipinski definition) is 5. The molecule has 0 bridgehead atoms. The van der Waals surface area contributed by atoms with Gasteiger partial charge in [0, 0.05) is 24.6 Å². The first-order valence-corrected chi connectivity index (χ1v) is 8.31. The fourth-order valence-electron chi connectivity index (χ4n) is 2.01. The molecule has 0 saturated heterocycles. The van der Waals surface area contributed by atoms with Crippen LogP contribution in [0.2, 0.25) is 0 Å². The number of imidazole rings is 1. The molecule has 0 unspecified atom stereocenters. The summed E-state index contributed by atoms with van der Waals surface area (Å²) >= 11 is 0. The van der Waals surface area contributed by atoms with Crippen LogP contribution in [0.15, 0.2) is 30.2 Å². The Hall–Kier alpha value is -1.90. The fourth-order valence-corrected chi connectivity index (χ4v) is 2.51. The van der Waals surface area contributed by atoms with Crippen LogP contribution in [-0.4, -0.2) is 50.5 Å². The maximum atomic E-state index is 11.2. The lowest BCUT2D eigenvalue weighted by atomic mass is 10.3. The molecule has 120 valence electrons. The van der Waals surface area contributed by atoms with Gasteiger partial charge < -0.3 is 9.72 Å². The van der Waals surface area contributed by atoms with Gasteiger partial charge >= 0.3 is 0 Å². The summed E-state index contributed by atoms with van der Waals surface area (Å²) in [7, 11) is 0.150. The molecule has 0 aliphatic carbocycles. The van der Waals surface area contributed by atoms with Crippen LogP contribution in [0.3, 0.4) is 0 Å². The zero-order valence-electron chi connectivity index (χ0n) is 12.7. The second-order valence-electron chi connectivity index (χ2n) is 4.91. The van der Waals surface area contributed by atoms with Gasteiger partial charge in [-0.1, -0.05) is 6.58 Å². The molecule has 0 fully saturated rings. The van der Waals surface area contributed by atoms with Crippen LogP contribution in [-0.2, 0) is 16.6 Å². The molecule has 0 saturated carbocycles. The Bertz CT molecular complexity index is 755. The van der Waals surface area contributed by atoms with Gasteiger partial charge in [-0.15, -0.1) is 0 Å². The lowest BCUT2D eigenvalue weighted by Crippen LogP contribution is -2.31. The molecule has 1 heterocycles. The third-order valence-corrected chi connectivity index (χ3v) is 4.22. The quantitative estimate of drug-likeness (QED) is 0.758. The lowest BCUT2D eigenvalue weighted by molar-refractivity contribution is 0.325. The van der Waals surface area contributed by atoms with Crippen LogP contribution in [0.4, 0.5) is 0 Å². The second-order valence-corrected chi connectivity index (χ2v) is 6.62. The molecule has 7 nitrogen and oxygen atoms in total. The fraction of sp³-hybridized carbons (Fsp3) is 0.357.